The molecule has 1 rings (SSSR count). The highest BCUT2D eigenvalue weighted by Gasteiger charge is 2.15. The highest BCUT2D eigenvalue weighted by Crippen LogP contribution is 2.28. The normalized spacial score (nSPS) is 14.6. The van der Waals surface area contributed by atoms with Gasteiger partial charge in [0.15, 0.2) is 11.5 Å². The number of aliphatic hydroxyl groups is 1. The Hall–Kier alpha value is -1.55. The van der Waals surface area contributed by atoms with Crippen molar-refractivity contribution in [3.05, 3.63) is 23.8 Å². The molecule has 4 nitrogen and oxygen atoms in total. The topological polar surface area (TPSA) is 66.8 Å². The highest BCUT2D eigenvalue weighted by atomic mass is 16.5. The van der Waals surface area contributed by atoms with Gasteiger partial charge >= 0.3 is 0 Å². The second-order valence-electron chi connectivity index (χ2n) is 7.55. The molecule has 0 aliphatic carbocycles. The number of unbranched alkanes of at least 4 members (excludes halogenated alkanes) is 1. The second kappa shape index (κ2) is 12.7. The summed E-state index contributed by atoms with van der Waals surface area (Å²) in [6.07, 6.45) is 8.73. The van der Waals surface area contributed by atoms with E-state index in [1.165, 1.54) is 31.7 Å². The summed E-state index contributed by atoms with van der Waals surface area (Å²) >= 11 is 0. The van der Waals surface area contributed by atoms with Gasteiger partial charge in [0.2, 0.25) is 0 Å². The van der Waals surface area contributed by atoms with Crippen LogP contribution in [0.4, 0.5) is 0 Å². The summed E-state index contributed by atoms with van der Waals surface area (Å²) in [6, 6.07) is 4.65. The molecular formula is C22H36O4. The van der Waals surface area contributed by atoms with Crippen LogP contribution in [0.15, 0.2) is 18.2 Å². The molecule has 2 unspecified atom stereocenters. The number of carbonyl (C=O) groups is 1. The third-order valence-electron chi connectivity index (χ3n) is 5.34. The summed E-state index contributed by atoms with van der Waals surface area (Å²) in [5.41, 5.74) is 0.508. The zero-order valence-corrected chi connectivity index (χ0v) is 16.6. The van der Waals surface area contributed by atoms with Gasteiger partial charge in [0.1, 0.15) is 6.29 Å². The van der Waals surface area contributed by atoms with Crippen LogP contribution in [0.25, 0.3) is 0 Å². The Kier molecular flexibility index (Phi) is 11.0. The van der Waals surface area contributed by atoms with Crippen LogP contribution in [0.5, 0.6) is 11.5 Å². The molecule has 1 aromatic carbocycles. The van der Waals surface area contributed by atoms with E-state index in [2.05, 4.69) is 20.8 Å². The molecule has 26 heavy (non-hydrogen) atoms. The van der Waals surface area contributed by atoms with Crippen LogP contribution >= 0.6 is 0 Å². The lowest BCUT2D eigenvalue weighted by Crippen LogP contribution is -2.13. The molecule has 0 saturated carbocycles. The van der Waals surface area contributed by atoms with E-state index in [-0.39, 0.29) is 5.75 Å². The van der Waals surface area contributed by atoms with Crippen molar-refractivity contribution in [3.63, 3.8) is 0 Å². The van der Waals surface area contributed by atoms with Gasteiger partial charge < -0.3 is 14.9 Å². The second-order valence-corrected chi connectivity index (χ2v) is 7.55. The first-order chi connectivity index (χ1) is 12.5. The monoisotopic (exact) mass is 364 g/mol. The van der Waals surface area contributed by atoms with E-state index in [4.69, 9.17) is 9.84 Å². The van der Waals surface area contributed by atoms with Crippen LogP contribution in [-0.2, 0) is 0 Å². The van der Waals surface area contributed by atoms with Crippen molar-refractivity contribution in [2.24, 2.45) is 17.8 Å². The number of aromatic hydroxyl groups is 1. The first kappa shape index (κ1) is 22.5. The minimum atomic E-state index is 0.0770. The number of phenolic OH excluding ortho intramolecular Hbond substituents is 1. The minimum absolute atomic E-state index is 0.0770. The summed E-state index contributed by atoms with van der Waals surface area (Å²) in [7, 11) is 0. The highest BCUT2D eigenvalue weighted by molar-refractivity contribution is 5.76. The summed E-state index contributed by atoms with van der Waals surface area (Å²) in [4.78, 5) is 10.8. The Morgan fingerprint density at radius 1 is 1.12 bits per heavy atom. The summed E-state index contributed by atoms with van der Waals surface area (Å²) in [5, 5.41) is 18.9. The SMILES string of the molecule is CCC(CCCOc1cc(C=O)ccc1O)[C@@H](C)CCCCC(C)CO. The molecule has 1 aromatic rings. The third kappa shape index (κ3) is 8.22. The van der Waals surface area contributed by atoms with E-state index >= 15 is 0 Å². The minimum Gasteiger partial charge on any atom is -0.504 e. The first-order valence-corrected chi connectivity index (χ1v) is 10.0. The van der Waals surface area contributed by atoms with Gasteiger partial charge in [-0.05, 0) is 55.2 Å². The number of ether oxygens (including phenoxy) is 1. The number of hydrogen-bond donors (Lipinski definition) is 2. The predicted molar refractivity (Wildman–Crippen MR) is 106 cm³/mol. The maximum atomic E-state index is 10.8. The lowest BCUT2D eigenvalue weighted by Gasteiger charge is -2.23. The van der Waals surface area contributed by atoms with Crippen molar-refractivity contribution in [2.45, 2.75) is 65.7 Å². The van der Waals surface area contributed by atoms with E-state index in [0.29, 0.717) is 42.3 Å². The zero-order valence-electron chi connectivity index (χ0n) is 16.6. The Morgan fingerprint density at radius 3 is 2.50 bits per heavy atom. The quantitative estimate of drug-likeness (QED) is 0.351. The van der Waals surface area contributed by atoms with Gasteiger partial charge in [0.25, 0.3) is 0 Å². The Morgan fingerprint density at radius 2 is 1.85 bits per heavy atom. The molecule has 0 aromatic heterocycles. The van der Waals surface area contributed by atoms with Crippen molar-refractivity contribution in [1.29, 1.82) is 0 Å². The van der Waals surface area contributed by atoms with Crippen molar-refractivity contribution in [1.82, 2.24) is 0 Å². The van der Waals surface area contributed by atoms with Gasteiger partial charge in [-0.3, -0.25) is 4.79 Å². The molecule has 0 spiro atoms. The van der Waals surface area contributed by atoms with Crippen molar-refractivity contribution in [2.75, 3.05) is 13.2 Å². The van der Waals surface area contributed by atoms with Crippen LogP contribution in [-0.4, -0.2) is 29.7 Å². The van der Waals surface area contributed by atoms with E-state index in [1.54, 1.807) is 12.1 Å². The van der Waals surface area contributed by atoms with Gasteiger partial charge in [-0.2, -0.15) is 0 Å². The van der Waals surface area contributed by atoms with Crippen LogP contribution in [0.3, 0.4) is 0 Å². The smallest absolute Gasteiger partial charge is 0.161 e. The average Bonchev–Trinajstić information content (AvgIpc) is 2.66. The molecule has 2 N–H and O–H groups in total. The number of benzene rings is 1. The molecule has 0 saturated heterocycles. The van der Waals surface area contributed by atoms with E-state index < -0.39 is 0 Å². The fourth-order valence-electron chi connectivity index (χ4n) is 3.42. The number of aliphatic hydroxyl groups excluding tert-OH is 1. The fourth-order valence-corrected chi connectivity index (χ4v) is 3.42. The average molecular weight is 365 g/mol. The summed E-state index contributed by atoms with van der Waals surface area (Å²) in [5.74, 6) is 2.25. The largest absolute Gasteiger partial charge is 0.504 e. The molecule has 0 amide bonds. The van der Waals surface area contributed by atoms with Crippen LogP contribution in [0.1, 0.15) is 76.1 Å². The lowest BCUT2D eigenvalue weighted by atomic mass is 9.84. The maximum Gasteiger partial charge on any atom is 0.161 e. The fraction of sp³-hybridized carbons (Fsp3) is 0.682. The summed E-state index contributed by atoms with van der Waals surface area (Å²) < 4.78 is 5.66. The van der Waals surface area contributed by atoms with Gasteiger partial charge in [-0.15, -0.1) is 0 Å². The predicted octanol–water partition coefficient (Wildman–Crippen LogP) is 5.21. The molecule has 0 heterocycles. The number of aldehydes is 1. The molecule has 148 valence electrons. The van der Waals surface area contributed by atoms with Crippen molar-refractivity contribution in [3.8, 4) is 11.5 Å². The number of rotatable bonds is 14. The van der Waals surface area contributed by atoms with E-state index in [1.807, 2.05) is 0 Å². The Bertz CT molecular complexity index is 515. The Labute approximate surface area is 158 Å². The van der Waals surface area contributed by atoms with Crippen LogP contribution in [0, 0.1) is 17.8 Å². The van der Waals surface area contributed by atoms with Gasteiger partial charge in [-0.1, -0.05) is 46.5 Å². The molecule has 4 heteroatoms. The van der Waals surface area contributed by atoms with Crippen LogP contribution < -0.4 is 4.74 Å². The van der Waals surface area contributed by atoms with E-state index in [0.717, 1.165) is 25.5 Å². The number of hydrogen-bond acceptors (Lipinski definition) is 4. The van der Waals surface area contributed by atoms with Crippen molar-refractivity contribution >= 4 is 6.29 Å². The maximum absolute atomic E-state index is 10.8. The number of phenols is 1. The van der Waals surface area contributed by atoms with Crippen LogP contribution in [0.2, 0.25) is 0 Å². The molecular weight excluding hydrogens is 328 g/mol. The standard InChI is InChI=1S/C22H36O4/c1-4-20(18(3)9-6-5-8-17(2)15-23)10-7-13-26-22-14-19(16-24)11-12-21(22)25/h11-12,14,16-18,20,23,25H,4-10,13,15H2,1-3H3/t17?,18-,20?/m0/s1. The first-order valence-electron chi connectivity index (χ1n) is 10.0. The molecule has 0 radical (unpaired) electrons. The Balaban J connectivity index is 2.29. The summed E-state index contributed by atoms with van der Waals surface area (Å²) in [6.45, 7) is 7.52. The zero-order chi connectivity index (χ0) is 19.4. The lowest BCUT2D eigenvalue weighted by molar-refractivity contribution is 0.112. The molecule has 0 fully saturated rings. The van der Waals surface area contributed by atoms with Crippen molar-refractivity contribution < 1.29 is 19.7 Å². The molecule has 3 atom stereocenters. The molecule has 0 bridgehead atoms. The van der Waals surface area contributed by atoms with Gasteiger partial charge in [-0.25, -0.2) is 0 Å². The third-order valence-corrected chi connectivity index (χ3v) is 5.34. The number of carbonyl (C=O) groups excluding carboxylic acids is 1. The van der Waals surface area contributed by atoms with Gasteiger partial charge in [0, 0.05) is 12.2 Å². The molecule has 0 aliphatic heterocycles. The van der Waals surface area contributed by atoms with Gasteiger partial charge in [0.05, 0.1) is 6.61 Å². The van der Waals surface area contributed by atoms with E-state index in [9.17, 15) is 9.90 Å². The molecule has 0 aliphatic rings.